The number of esters is 1. The summed E-state index contributed by atoms with van der Waals surface area (Å²) in [7, 11) is 0. The van der Waals surface area contributed by atoms with E-state index in [0.717, 1.165) is 35.2 Å². The molecule has 3 aromatic rings. The lowest BCUT2D eigenvalue weighted by molar-refractivity contribution is -0.121. The summed E-state index contributed by atoms with van der Waals surface area (Å²) in [4.78, 5) is 28.7. The molecule has 0 aliphatic heterocycles. The van der Waals surface area contributed by atoms with E-state index in [9.17, 15) is 14.0 Å². The molecule has 0 fully saturated rings. The lowest BCUT2D eigenvalue weighted by Gasteiger charge is -2.22. The van der Waals surface area contributed by atoms with Crippen molar-refractivity contribution in [3.05, 3.63) is 76.7 Å². The number of rotatable bonds is 4. The number of carbonyl (C=O) groups is 2. The standard InChI is InChI=1S/C23H19FN2O3/c24-16-10-8-14(9-11-16)12-15-4-3-6-18-21(23(28)29-13-20(25)27)17-5-1-2-7-19(17)26-22(15)18/h1-2,5,7-12H,3-4,6,13H2,(H2,25,27)/b15-12-. The Bertz CT molecular complexity index is 1140. The van der Waals surface area contributed by atoms with Crippen molar-refractivity contribution in [1.82, 2.24) is 4.98 Å². The predicted octanol–water partition coefficient (Wildman–Crippen LogP) is 3.89. The van der Waals surface area contributed by atoms with E-state index in [4.69, 9.17) is 15.5 Å². The number of fused-ring (bicyclic) bond motifs is 2. The van der Waals surface area contributed by atoms with Gasteiger partial charge in [0.05, 0.1) is 16.8 Å². The minimum Gasteiger partial charge on any atom is -0.452 e. The quantitative estimate of drug-likeness (QED) is 0.685. The number of amides is 1. The number of aromatic nitrogens is 1. The molecule has 0 bridgehead atoms. The van der Waals surface area contributed by atoms with Gasteiger partial charge in [-0.3, -0.25) is 4.79 Å². The average Bonchev–Trinajstić information content (AvgIpc) is 2.72. The lowest BCUT2D eigenvalue weighted by atomic mass is 9.86. The zero-order valence-electron chi connectivity index (χ0n) is 15.7. The Morgan fingerprint density at radius 3 is 2.62 bits per heavy atom. The van der Waals surface area contributed by atoms with E-state index in [-0.39, 0.29) is 5.82 Å². The molecule has 0 unspecified atom stereocenters. The van der Waals surface area contributed by atoms with Crippen molar-refractivity contribution < 1.29 is 18.7 Å². The SMILES string of the molecule is NC(=O)COC(=O)c1c2c(nc3ccccc13)/C(=C\c1ccc(F)cc1)CCC2. The Balaban J connectivity index is 1.87. The first kappa shape index (κ1) is 18.8. The van der Waals surface area contributed by atoms with Gasteiger partial charge < -0.3 is 10.5 Å². The molecule has 1 aliphatic carbocycles. The number of primary amides is 1. The molecule has 29 heavy (non-hydrogen) atoms. The van der Waals surface area contributed by atoms with E-state index in [2.05, 4.69) is 0 Å². The Hall–Kier alpha value is -3.54. The van der Waals surface area contributed by atoms with Crippen molar-refractivity contribution in [2.75, 3.05) is 6.61 Å². The summed E-state index contributed by atoms with van der Waals surface area (Å²) >= 11 is 0. The van der Waals surface area contributed by atoms with Gasteiger partial charge in [0.1, 0.15) is 5.82 Å². The van der Waals surface area contributed by atoms with Crippen LogP contribution < -0.4 is 5.73 Å². The lowest BCUT2D eigenvalue weighted by Crippen LogP contribution is -2.22. The second-order valence-electron chi connectivity index (χ2n) is 6.95. The van der Waals surface area contributed by atoms with Gasteiger partial charge in [0, 0.05) is 5.39 Å². The molecule has 0 radical (unpaired) electrons. The summed E-state index contributed by atoms with van der Waals surface area (Å²) in [6.45, 7) is -0.470. The smallest absolute Gasteiger partial charge is 0.339 e. The molecule has 0 saturated heterocycles. The molecular weight excluding hydrogens is 371 g/mol. The highest BCUT2D eigenvalue weighted by Gasteiger charge is 2.26. The molecule has 0 saturated carbocycles. The summed E-state index contributed by atoms with van der Waals surface area (Å²) < 4.78 is 18.4. The molecule has 6 heteroatoms. The molecule has 2 N–H and O–H groups in total. The highest BCUT2D eigenvalue weighted by Crippen LogP contribution is 2.36. The van der Waals surface area contributed by atoms with Crippen LogP contribution in [0.5, 0.6) is 0 Å². The summed E-state index contributed by atoms with van der Waals surface area (Å²) in [5.41, 5.74) is 9.61. The van der Waals surface area contributed by atoms with Gasteiger partial charge in [-0.2, -0.15) is 0 Å². The van der Waals surface area contributed by atoms with Gasteiger partial charge in [0.25, 0.3) is 5.91 Å². The van der Waals surface area contributed by atoms with Crippen molar-refractivity contribution in [3.8, 4) is 0 Å². The second kappa shape index (κ2) is 7.83. The third-order valence-electron chi connectivity index (χ3n) is 4.93. The first-order valence-corrected chi connectivity index (χ1v) is 9.36. The van der Waals surface area contributed by atoms with Gasteiger partial charge in [0.2, 0.25) is 0 Å². The first-order valence-electron chi connectivity index (χ1n) is 9.36. The zero-order valence-corrected chi connectivity index (χ0v) is 15.7. The maximum absolute atomic E-state index is 13.2. The summed E-state index contributed by atoms with van der Waals surface area (Å²) in [6.07, 6.45) is 4.29. The molecular formula is C23H19FN2O3. The Morgan fingerprint density at radius 1 is 1.10 bits per heavy atom. The fraction of sp³-hybridized carbons (Fsp3) is 0.174. The summed E-state index contributed by atoms with van der Waals surface area (Å²) in [5, 5.41) is 0.684. The van der Waals surface area contributed by atoms with Crippen LogP contribution in [0, 0.1) is 5.82 Å². The fourth-order valence-electron chi connectivity index (χ4n) is 3.68. The molecule has 2 aromatic carbocycles. The zero-order chi connectivity index (χ0) is 20.4. The number of halogens is 1. The molecule has 1 aliphatic rings. The summed E-state index contributed by atoms with van der Waals surface area (Å²) in [6, 6.07) is 13.6. The van der Waals surface area contributed by atoms with E-state index < -0.39 is 18.5 Å². The van der Waals surface area contributed by atoms with Gasteiger partial charge in [-0.15, -0.1) is 0 Å². The molecule has 1 aromatic heterocycles. The topological polar surface area (TPSA) is 82.3 Å². The highest BCUT2D eigenvalue weighted by atomic mass is 19.1. The van der Waals surface area contributed by atoms with Crippen molar-refractivity contribution in [2.45, 2.75) is 19.3 Å². The summed E-state index contributed by atoms with van der Waals surface area (Å²) in [5.74, 6) is -1.58. The van der Waals surface area contributed by atoms with Crippen molar-refractivity contribution in [3.63, 3.8) is 0 Å². The Labute approximate surface area is 167 Å². The van der Waals surface area contributed by atoms with E-state index >= 15 is 0 Å². The van der Waals surface area contributed by atoms with Crippen LogP contribution in [0.3, 0.4) is 0 Å². The molecule has 1 amide bonds. The largest absolute Gasteiger partial charge is 0.452 e. The minimum atomic E-state index is -0.706. The van der Waals surface area contributed by atoms with Gasteiger partial charge in [-0.05, 0) is 60.2 Å². The highest BCUT2D eigenvalue weighted by molar-refractivity contribution is 6.07. The van der Waals surface area contributed by atoms with Crippen LogP contribution in [0.4, 0.5) is 4.39 Å². The van der Waals surface area contributed by atoms with E-state index in [1.54, 1.807) is 12.1 Å². The van der Waals surface area contributed by atoms with Crippen molar-refractivity contribution in [1.29, 1.82) is 0 Å². The normalized spacial score (nSPS) is 14.6. The van der Waals surface area contributed by atoms with Gasteiger partial charge in [0.15, 0.2) is 6.61 Å². The number of ether oxygens (including phenoxy) is 1. The molecule has 0 atom stereocenters. The maximum atomic E-state index is 13.2. The third kappa shape index (κ3) is 3.87. The van der Waals surface area contributed by atoms with E-state index in [1.165, 1.54) is 12.1 Å². The van der Waals surface area contributed by atoms with Crippen molar-refractivity contribution in [2.24, 2.45) is 5.73 Å². The number of carbonyl (C=O) groups excluding carboxylic acids is 2. The number of para-hydroxylation sites is 1. The van der Waals surface area contributed by atoms with Gasteiger partial charge in [-0.25, -0.2) is 14.2 Å². The van der Waals surface area contributed by atoms with Crippen LogP contribution in [0.2, 0.25) is 0 Å². The maximum Gasteiger partial charge on any atom is 0.339 e. The Morgan fingerprint density at radius 2 is 1.86 bits per heavy atom. The minimum absolute atomic E-state index is 0.292. The van der Waals surface area contributed by atoms with Gasteiger partial charge >= 0.3 is 5.97 Å². The second-order valence-corrected chi connectivity index (χ2v) is 6.95. The fourth-order valence-corrected chi connectivity index (χ4v) is 3.68. The van der Waals surface area contributed by atoms with Crippen LogP contribution in [0.1, 0.15) is 40.0 Å². The van der Waals surface area contributed by atoms with Gasteiger partial charge in [-0.1, -0.05) is 30.3 Å². The van der Waals surface area contributed by atoms with Crippen LogP contribution in [0.15, 0.2) is 48.5 Å². The first-order chi connectivity index (χ1) is 14.0. The van der Waals surface area contributed by atoms with Crippen LogP contribution in [0.25, 0.3) is 22.6 Å². The Kier molecular flexibility index (Phi) is 5.08. The van der Waals surface area contributed by atoms with E-state index in [0.29, 0.717) is 22.9 Å². The number of nitrogens with zero attached hydrogens (tertiary/aromatic N) is 1. The monoisotopic (exact) mass is 390 g/mol. The molecule has 5 nitrogen and oxygen atoms in total. The predicted molar refractivity (Wildman–Crippen MR) is 108 cm³/mol. The molecule has 146 valence electrons. The van der Waals surface area contributed by atoms with Crippen LogP contribution in [-0.4, -0.2) is 23.5 Å². The molecule has 4 rings (SSSR count). The molecule has 1 heterocycles. The van der Waals surface area contributed by atoms with Crippen molar-refractivity contribution >= 4 is 34.4 Å². The number of hydrogen-bond donors (Lipinski definition) is 1. The average molecular weight is 390 g/mol. The number of hydrogen-bond acceptors (Lipinski definition) is 4. The van der Waals surface area contributed by atoms with Crippen LogP contribution in [-0.2, 0) is 16.0 Å². The molecule has 0 spiro atoms. The number of benzene rings is 2. The van der Waals surface area contributed by atoms with Crippen LogP contribution >= 0.6 is 0 Å². The number of pyridine rings is 1. The number of nitrogens with two attached hydrogens (primary N) is 1. The third-order valence-corrected chi connectivity index (χ3v) is 4.93. The van der Waals surface area contributed by atoms with E-state index in [1.807, 2.05) is 30.3 Å². The number of allylic oxidation sites excluding steroid dienone is 1.